The highest BCUT2D eigenvalue weighted by Gasteiger charge is 2.47. The molecule has 2 heterocycles. The third-order valence-corrected chi connectivity index (χ3v) is 17.2. The fourth-order valence-electron chi connectivity index (χ4n) is 7.73. The second-order valence-corrected chi connectivity index (χ2v) is 24.1. The van der Waals surface area contributed by atoms with E-state index in [2.05, 4.69) is 12.1 Å². The predicted octanol–water partition coefficient (Wildman–Crippen LogP) is 12.8. The Labute approximate surface area is 442 Å². The summed E-state index contributed by atoms with van der Waals surface area (Å²) in [6, 6.07) is -0.796. The average Bonchev–Trinajstić information content (AvgIpc) is 3.96. The summed E-state index contributed by atoms with van der Waals surface area (Å²) >= 11 is 2.93. The van der Waals surface area contributed by atoms with Gasteiger partial charge in [-0.1, -0.05) is 98.9 Å². The second kappa shape index (κ2) is 22.0. The van der Waals surface area contributed by atoms with Gasteiger partial charge in [0.05, 0.1) is 54.3 Å². The molecule has 78 heavy (non-hydrogen) atoms. The van der Waals surface area contributed by atoms with Crippen molar-refractivity contribution in [3.8, 4) is 0 Å². The highest BCUT2D eigenvalue weighted by molar-refractivity contribution is 7.20. The summed E-state index contributed by atoms with van der Waals surface area (Å²) in [4.78, 5) is 25.6. The molecule has 0 saturated carbocycles. The normalized spacial score (nSPS) is 13.5. The number of ketones is 2. The Hall–Kier alpha value is -5.27. The topological polar surface area (TPSA) is 34.1 Å². The van der Waals surface area contributed by atoms with E-state index in [0.29, 0.717) is 0 Å². The first-order valence-corrected chi connectivity index (χ1v) is 25.2. The van der Waals surface area contributed by atoms with Crippen LogP contribution in [-0.4, -0.2) is 17.7 Å². The van der Waals surface area contributed by atoms with Gasteiger partial charge in [-0.15, -0.1) is 0 Å². The van der Waals surface area contributed by atoms with Gasteiger partial charge in [0, 0.05) is 24.0 Å². The quantitative estimate of drug-likeness (QED) is 0.0593. The summed E-state index contributed by atoms with van der Waals surface area (Å²) in [6.07, 6.45) is -54.8. The molecule has 0 bridgehead atoms. The van der Waals surface area contributed by atoms with Gasteiger partial charge < -0.3 is 0 Å². The molecule has 0 unspecified atom stereocenters. The average molecular weight is 1300 g/mol. The molecule has 0 spiro atoms. The number of alkyl halides is 24. The molecule has 0 saturated heterocycles. The largest absolute Gasteiger partial charge is 0.416 e. The van der Waals surface area contributed by atoms with Gasteiger partial charge in [-0.05, 0) is 36.4 Å². The third kappa shape index (κ3) is 14.7. The Morgan fingerprint density at radius 3 is 0.667 bits per heavy atom. The summed E-state index contributed by atoms with van der Waals surface area (Å²) in [5.41, 5.74) is -30.2. The van der Waals surface area contributed by atoms with Crippen LogP contribution in [0.4, 0.5) is 105 Å². The van der Waals surface area contributed by atoms with Gasteiger partial charge in [-0.25, -0.2) is 0 Å². The highest BCUT2D eigenvalue weighted by atomic mass is 127. The van der Waals surface area contributed by atoms with Crippen LogP contribution in [0.1, 0.15) is 91.5 Å². The molecule has 424 valence electrons. The molecular formula is C48H30BF24IO2S2. The Morgan fingerprint density at radius 2 is 0.513 bits per heavy atom. The Bertz CT molecular complexity index is 2670. The molecule has 0 aliphatic rings. The van der Waals surface area contributed by atoms with E-state index in [1.54, 1.807) is 22.7 Å². The molecule has 2 nitrogen and oxygen atoms in total. The van der Waals surface area contributed by atoms with E-state index >= 15 is 0 Å². The monoisotopic (exact) mass is 1300 g/mol. The van der Waals surface area contributed by atoms with E-state index in [4.69, 9.17) is 0 Å². The third-order valence-electron chi connectivity index (χ3n) is 11.3. The molecular weight excluding hydrogens is 1270 g/mol. The van der Waals surface area contributed by atoms with Gasteiger partial charge >= 0.3 is 70.6 Å². The minimum Gasteiger partial charge on any atom is -0.293 e. The van der Waals surface area contributed by atoms with Crippen molar-refractivity contribution in [2.75, 3.05) is 0 Å². The van der Waals surface area contributed by atoms with Gasteiger partial charge in [0.1, 0.15) is 6.15 Å². The molecule has 0 fully saturated rings. The first-order chi connectivity index (χ1) is 35.1. The molecule has 6 aromatic rings. The second-order valence-electron chi connectivity index (χ2n) is 17.6. The van der Waals surface area contributed by atoms with Gasteiger partial charge in [0.2, 0.25) is 5.77 Å². The lowest BCUT2D eigenvalue weighted by atomic mass is 9.12. The van der Waals surface area contributed by atoms with Crippen LogP contribution in [0.2, 0.25) is 0 Å². The zero-order valence-corrected chi connectivity index (χ0v) is 42.8. The van der Waals surface area contributed by atoms with Crippen LogP contribution >= 0.6 is 22.7 Å². The molecule has 0 N–H and O–H groups in total. The standard InChI is InChI=1S/C32H12BF24.C16H18IO2S2/c34-25(35,36)13-1-14(26(37,38)39)6-21(5-13)33(22-7-15(27(40,41)42)2-16(8-22)28(43,44)45,23-9-17(29(46,47)48)3-18(10-23)30(49,50)51)24-11-19(31(52,53)54)4-20(12-24)32(55,56)57;1-9(2)15(18)11-5-7-13(20-11)17-14-8-6-12(21-14)16(19)10(3)4/h1-12H;5-10H,1-4H3/q-1;+1. The number of thiophene rings is 2. The summed E-state index contributed by atoms with van der Waals surface area (Å²) in [5, 5.41) is 0. The van der Waals surface area contributed by atoms with Crippen molar-refractivity contribution in [1.29, 1.82) is 0 Å². The predicted molar refractivity (Wildman–Crippen MR) is 234 cm³/mol. The van der Waals surface area contributed by atoms with Crippen molar-refractivity contribution in [3.05, 3.63) is 157 Å². The molecule has 4 aromatic carbocycles. The summed E-state index contributed by atoms with van der Waals surface area (Å²) in [7, 11) is 0. The van der Waals surface area contributed by atoms with Crippen molar-refractivity contribution in [2.45, 2.75) is 77.1 Å². The van der Waals surface area contributed by atoms with Crippen LogP contribution in [0.25, 0.3) is 0 Å². The Kier molecular flexibility index (Phi) is 17.9. The maximum Gasteiger partial charge on any atom is 0.416 e. The van der Waals surface area contributed by atoms with E-state index in [1.807, 2.05) is 39.8 Å². The van der Waals surface area contributed by atoms with E-state index in [1.165, 1.54) is 5.77 Å². The minimum absolute atomic E-state index is 0.0479. The van der Waals surface area contributed by atoms with E-state index in [-0.39, 0.29) is 44.6 Å². The van der Waals surface area contributed by atoms with Crippen LogP contribution < -0.4 is 43.1 Å². The molecule has 0 amide bonds. The first kappa shape index (κ1) is 63.6. The molecule has 0 radical (unpaired) electrons. The van der Waals surface area contributed by atoms with Crippen molar-refractivity contribution in [3.63, 3.8) is 0 Å². The van der Waals surface area contributed by atoms with Crippen molar-refractivity contribution >= 4 is 62.2 Å². The lowest BCUT2D eigenvalue weighted by Gasteiger charge is -2.46. The number of hydrogen-bond donors (Lipinski definition) is 0. The van der Waals surface area contributed by atoms with Gasteiger partial charge in [-0.2, -0.15) is 127 Å². The molecule has 0 aliphatic heterocycles. The molecule has 6 rings (SSSR count). The van der Waals surface area contributed by atoms with Crippen LogP contribution in [0.15, 0.2) is 97.1 Å². The number of carbonyl (C=O) groups excluding carboxylic acids is 2. The van der Waals surface area contributed by atoms with Crippen LogP contribution in [0.3, 0.4) is 0 Å². The number of benzene rings is 4. The van der Waals surface area contributed by atoms with Crippen LogP contribution in [0, 0.1) is 17.6 Å². The Balaban J connectivity index is 0.000000443. The number of hydrogen-bond acceptors (Lipinski definition) is 4. The number of rotatable bonds is 10. The molecule has 0 aliphatic carbocycles. The molecule has 0 atom stereocenters. The summed E-state index contributed by atoms with van der Waals surface area (Å²) in [5.74, 6) is 0.535. The highest BCUT2D eigenvalue weighted by Crippen LogP contribution is 2.41. The minimum atomic E-state index is -6.13. The smallest absolute Gasteiger partial charge is 0.293 e. The lowest BCUT2D eigenvalue weighted by molar-refractivity contribution is -0.585. The van der Waals surface area contributed by atoms with Crippen LogP contribution in [0.5, 0.6) is 0 Å². The lowest BCUT2D eigenvalue weighted by Crippen LogP contribution is -3.61. The summed E-state index contributed by atoms with van der Waals surface area (Å²) < 4.78 is 343. The fraction of sp³-hybridized carbons (Fsp3) is 0.292. The van der Waals surface area contributed by atoms with Crippen LogP contribution in [-0.2, 0) is 49.4 Å². The van der Waals surface area contributed by atoms with Gasteiger partial charge in [-0.3, -0.25) is 9.59 Å². The SMILES string of the molecule is CC(C)C(=O)c1ccc([I+]c2ccc(C(=O)C(C)C)s2)s1.FC(F)(F)c1cc([B-](c2cc(C(F)(F)F)cc(C(F)(F)F)c2)(c2cc(C(F)(F)F)cc(C(F)(F)F)c2)c2cc(C(F)(F)F)cc(C(F)(F)F)c2)cc(C(F)(F)F)c1. The van der Waals surface area contributed by atoms with Gasteiger partial charge in [0.15, 0.2) is 11.6 Å². The Morgan fingerprint density at radius 1 is 0.333 bits per heavy atom. The van der Waals surface area contributed by atoms with E-state index in [0.717, 1.165) is 9.75 Å². The first-order valence-electron chi connectivity index (χ1n) is 21.4. The van der Waals surface area contributed by atoms with Crippen molar-refractivity contribution < 1.29 is 136 Å². The van der Waals surface area contributed by atoms with E-state index in [9.17, 15) is 115 Å². The number of carbonyl (C=O) groups is 2. The molecule has 2 aromatic heterocycles. The van der Waals surface area contributed by atoms with Gasteiger partial charge in [0.25, 0.3) is 0 Å². The van der Waals surface area contributed by atoms with E-state index < -0.39 is 195 Å². The number of Topliss-reactive ketones (excluding diaryl/α,β-unsaturated/α-hetero) is 2. The summed E-state index contributed by atoms with van der Waals surface area (Å²) in [6.45, 7) is 7.72. The maximum absolute atomic E-state index is 14.2. The maximum atomic E-state index is 14.2. The zero-order valence-electron chi connectivity index (χ0n) is 39.1. The van der Waals surface area contributed by atoms with Crippen molar-refractivity contribution in [2.24, 2.45) is 11.8 Å². The zero-order chi connectivity index (χ0) is 59.5. The molecule has 30 heteroatoms. The fourth-order valence-corrected chi connectivity index (χ4v) is 14.2. The van der Waals surface area contributed by atoms with Crippen molar-refractivity contribution in [1.82, 2.24) is 0 Å². The number of halogens is 25.